The summed E-state index contributed by atoms with van der Waals surface area (Å²) >= 11 is 0. The third-order valence-electron chi connectivity index (χ3n) is 2.87. The first-order chi connectivity index (χ1) is 9.40. The maximum absolute atomic E-state index is 13.8. The van der Waals surface area contributed by atoms with Gasteiger partial charge in [-0.1, -0.05) is 0 Å². The summed E-state index contributed by atoms with van der Waals surface area (Å²) in [6.45, 7) is 3.09. The van der Waals surface area contributed by atoms with Gasteiger partial charge in [-0.3, -0.25) is 4.79 Å². The topological polar surface area (TPSA) is 80.9 Å². The zero-order chi connectivity index (χ0) is 14.9. The van der Waals surface area contributed by atoms with Gasteiger partial charge in [0.25, 0.3) is 0 Å². The second-order valence-corrected chi connectivity index (χ2v) is 4.48. The molecule has 0 aliphatic carbocycles. The van der Waals surface area contributed by atoms with E-state index in [1.807, 2.05) is 0 Å². The van der Waals surface area contributed by atoms with E-state index in [4.69, 9.17) is 5.11 Å². The zero-order valence-electron chi connectivity index (χ0n) is 10.8. The van der Waals surface area contributed by atoms with Gasteiger partial charge in [0.1, 0.15) is 11.6 Å². The molecule has 1 unspecified atom stereocenters. The van der Waals surface area contributed by atoms with Crippen molar-refractivity contribution in [2.24, 2.45) is 0 Å². The fraction of sp³-hybridized carbons (Fsp3) is 0.333. The summed E-state index contributed by atoms with van der Waals surface area (Å²) < 4.78 is 28.3. The molecule has 0 bridgehead atoms. The molecule has 106 valence electrons. The lowest BCUT2D eigenvalue weighted by atomic mass is 10.1. The Hall–Kier alpha value is -2.38. The highest BCUT2D eigenvalue weighted by atomic mass is 19.1. The van der Waals surface area contributed by atoms with Crippen LogP contribution in [0.2, 0.25) is 0 Å². The van der Waals surface area contributed by atoms with E-state index in [-0.39, 0.29) is 23.4 Å². The summed E-state index contributed by atoms with van der Waals surface area (Å²) in [7, 11) is 0. The molecule has 0 spiro atoms. The summed E-state index contributed by atoms with van der Waals surface area (Å²) in [4.78, 5) is 10.7. The van der Waals surface area contributed by atoms with Gasteiger partial charge in [-0.25, -0.2) is 13.5 Å². The van der Waals surface area contributed by atoms with Gasteiger partial charge in [0.2, 0.25) is 0 Å². The maximum Gasteiger partial charge on any atom is 0.305 e. The number of rotatable bonds is 4. The van der Waals surface area contributed by atoms with E-state index >= 15 is 0 Å². The van der Waals surface area contributed by atoms with Crippen LogP contribution >= 0.6 is 0 Å². The van der Waals surface area contributed by atoms with Crippen molar-refractivity contribution in [3.05, 3.63) is 29.3 Å². The number of nitrogens with zero attached hydrogens (tertiary/aromatic N) is 4. The van der Waals surface area contributed by atoms with Crippen LogP contribution in [-0.2, 0) is 4.79 Å². The number of benzene rings is 1. The molecule has 0 radical (unpaired) electrons. The minimum Gasteiger partial charge on any atom is -0.481 e. The SMILES string of the molecule is Cc1cc(-c2nnnn2C(C)CC(=O)O)c(F)cc1F. The van der Waals surface area contributed by atoms with Crippen LogP contribution in [0, 0.1) is 18.6 Å². The number of carboxylic acid groups (broad SMARTS) is 1. The first-order valence-electron chi connectivity index (χ1n) is 5.85. The molecule has 1 aromatic carbocycles. The summed E-state index contributed by atoms with van der Waals surface area (Å²) in [5.41, 5.74) is 0.285. The molecule has 0 saturated heterocycles. The summed E-state index contributed by atoms with van der Waals surface area (Å²) in [6, 6.07) is 1.49. The van der Waals surface area contributed by atoms with E-state index in [1.165, 1.54) is 17.7 Å². The molecule has 1 N–H and O–H groups in total. The van der Waals surface area contributed by atoms with Gasteiger partial charge in [-0.15, -0.1) is 5.10 Å². The number of halogens is 2. The Morgan fingerprint density at radius 1 is 1.40 bits per heavy atom. The molecule has 0 fully saturated rings. The number of tetrazole rings is 1. The van der Waals surface area contributed by atoms with E-state index in [0.29, 0.717) is 0 Å². The Balaban J connectivity index is 2.47. The van der Waals surface area contributed by atoms with Gasteiger partial charge in [0.15, 0.2) is 5.82 Å². The molecule has 0 aliphatic rings. The smallest absolute Gasteiger partial charge is 0.305 e. The average molecular weight is 282 g/mol. The molecule has 0 aliphatic heterocycles. The molecule has 8 heteroatoms. The molecule has 1 heterocycles. The Morgan fingerprint density at radius 3 is 2.75 bits per heavy atom. The van der Waals surface area contributed by atoms with Gasteiger partial charge in [-0.05, 0) is 35.9 Å². The molecule has 6 nitrogen and oxygen atoms in total. The largest absolute Gasteiger partial charge is 0.481 e. The van der Waals surface area contributed by atoms with Crippen LogP contribution in [0.15, 0.2) is 12.1 Å². The molecule has 2 rings (SSSR count). The highest BCUT2D eigenvalue weighted by Crippen LogP contribution is 2.25. The average Bonchev–Trinajstić information content (AvgIpc) is 2.81. The molecule has 0 saturated carbocycles. The molecule has 0 amide bonds. The van der Waals surface area contributed by atoms with Gasteiger partial charge in [0.05, 0.1) is 18.0 Å². The Bertz CT molecular complexity index is 657. The Kier molecular flexibility index (Phi) is 3.73. The van der Waals surface area contributed by atoms with Crippen molar-refractivity contribution in [3.63, 3.8) is 0 Å². The van der Waals surface area contributed by atoms with E-state index in [9.17, 15) is 13.6 Å². The van der Waals surface area contributed by atoms with Crippen LogP contribution in [0.25, 0.3) is 11.4 Å². The summed E-state index contributed by atoms with van der Waals surface area (Å²) in [5, 5.41) is 19.6. The minimum absolute atomic E-state index is 0.0335. The zero-order valence-corrected chi connectivity index (χ0v) is 10.8. The molecule has 1 aromatic heterocycles. The number of carbonyl (C=O) groups is 1. The minimum atomic E-state index is -1.02. The number of aromatic nitrogens is 4. The van der Waals surface area contributed by atoms with Crippen LogP contribution < -0.4 is 0 Å². The standard InChI is InChI=1S/C12H12F2N4O2/c1-6-3-8(10(14)5-9(6)13)12-15-16-17-18(12)7(2)4-11(19)20/h3,5,7H,4H2,1-2H3,(H,19,20). The normalized spacial score (nSPS) is 12.4. The summed E-state index contributed by atoms with van der Waals surface area (Å²) in [6.07, 6.45) is -0.208. The highest BCUT2D eigenvalue weighted by Gasteiger charge is 2.20. The van der Waals surface area contributed by atoms with E-state index < -0.39 is 23.6 Å². The molecular weight excluding hydrogens is 270 g/mol. The fourth-order valence-corrected chi connectivity index (χ4v) is 1.84. The van der Waals surface area contributed by atoms with Gasteiger partial charge < -0.3 is 5.11 Å². The van der Waals surface area contributed by atoms with Crippen molar-refractivity contribution in [2.45, 2.75) is 26.3 Å². The predicted molar refractivity (Wildman–Crippen MR) is 64.9 cm³/mol. The number of carboxylic acids is 1. The lowest BCUT2D eigenvalue weighted by Crippen LogP contribution is -2.13. The van der Waals surface area contributed by atoms with Crippen molar-refractivity contribution in [1.29, 1.82) is 0 Å². The van der Waals surface area contributed by atoms with E-state index in [1.54, 1.807) is 6.92 Å². The number of aliphatic carboxylic acids is 1. The van der Waals surface area contributed by atoms with Crippen LogP contribution in [0.3, 0.4) is 0 Å². The van der Waals surface area contributed by atoms with Gasteiger partial charge in [-0.2, -0.15) is 0 Å². The van der Waals surface area contributed by atoms with Crippen LogP contribution in [-0.4, -0.2) is 31.3 Å². The second kappa shape index (κ2) is 5.32. The van der Waals surface area contributed by atoms with Crippen molar-refractivity contribution in [3.8, 4) is 11.4 Å². The Morgan fingerprint density at radius 2 is 2.10 bits per heavy atom. The number of aryl methyl sites for hydroxylation is 1. The predicted octanol–water partition coefficient (Wildman–Crippen LogP) is 1.96. The maximum atomic E-state index is 13.8. The monoisotopic (exact) mass is 282 g/mol. The highest BCUT2D eigenvalue weighted by molar-refractivity contribution is 5.67. The van der Waals surface area contributed by atoms with Crippen molar-refractivity contribution in [2.75, 3.05) is 0 Å². The Labute approximate surface area is 113 Å². The molecular formula is C12H12F2N4O2. The van der Waals surface area contributed by atoms with E-state index in [2.05, 4.69) is 15.5 Å². The van der Waals surface area contributed by atoms with Crippen molar-refractivity contribution >= 4 is 5.97 Å². The van der Waals surface area contributed by atoms with Crippen LogP contribution in [0.4, 0.5) is 8.78 Å². The first kappa shape index (κ1) is 14.0. The van der Waals surface area contributed by atoms with Crippen molar-refractivity contribution in [1.82, 2.24) is 20.2 Å². The lowest BCUT2D eigenvalue weighted by Gasteiger charge is -2.12. The van der Waals surface area contributed by atoms with Crippen LogP contribution in [0.5, 0.6) is 0 Å². The lowest BCUT2D eigenvalue weighted by molar-refractivity contribution is -0.137. The van der Waals surface area contributed by atoms with Crippen LogP contribution in [0.1, 0.15) is 24.9 Å². The molecule has 20 heavy (non-hydrogen) atoms. The van der Waals surface area contributed by atoms with Gasteiger partial charge >= 0.3 is 5.97 Å². The van der Waals surface area contributed by atoms with E-state index in [0.717, 1.165) is 6.07 Å². The fourth-order valence-electron chi connectivity index (χ4n) is 1.84. The second-order valence-electron chi connectivity index (χ2n) is 4.48. The third-order valence-corrected chi connectivity index (χ3v) is 2.87. The first-order valence-corrected chi connectivity index (χ1v) is 5.85. The number of hydrogen-bond acceptors (Lipinski definition) is 4. The van der Waals surface area contributed by atoms with Crippen molar-refractivity contribution < 1.29 is 18.7 Å². The summed E-state index contributed by atoms with van der Waals surface area (Å²) in [5.74, 6) is -2.41. The van der Waals surface area contributed by atoms with Gasteiger partial charge in [0, 0.05) is 6.07 Å². The third kappa shape index (κ3) is 2.63. The molecule has 2 aromatic rings. The quantitative estimate of drug-likeness (QED) is 0.927. The molecule has 1 atom stereocenters. The number of hydrogen-bond donors (Lipinski definition) is 1.